The first-order valence-electron chi connectivity index (χ1n) is 6.96. The number of hydrogen-bond donors (Lipinski definition) is 1. The Kier molecular flexibility index (Phi) is 5.36. The standard InChI is InChI=1S/C15H17FN2O4S2/c1-11-8-13(5-6-14(11)16)24(21,22)15(10-18-23(2,19)20)12-4-3-7-17-9-12/h3-9,15,18H,10H2,1-2H3/t15-/m0/s1. The zero-order chi connectivity index (χ0) is 18.0. The number of halogens is 1. The van der Waals surface area contributed by atoms with Gasteiger partial charge in [0, 0.05) is 18.9 Å². The second-order valence-corrected chi connectivity index (χ2v) is 9.32. The molecule has 0 aliphatic carbocycles. The van der Waals surface area contributed by atoms with Gasteiger partial charge in [0.05, 0.1) is 11.2 Å². The second kappa shape index (κ2) is 6.96. The molecule has 1 aromatic carbocycles. The van der Waals surface area contributed by atoms with Crippen LogP contribution in [0.5, 0.6) is 0 Å². The summed E-state index contributed by atoms with van der Waals surface area (Å²) in [5.74, 6) is -0.513. The van der Waals surface area contributed by atoms with Gasteiger partial charge in [-0.05, 0) is 42.3 Å². The quantitative estimate of drug-likeness (QED) is 0.778. The zero-order valence-corrected chi connectivity index (χ0v) is 14.7. The highest BCUT2D eigenvalue weighted by atomic mass is 32.2. The van der Waals surface area contributed by atoms with E-state index in [9.17, 15) is 21.2 Å². The van der Waals surface area contributed by atoms with Gasteiger partial charge in [0.1, 0.15) is 11.1 Å². The summed E-state index contributed by atoms with van der Waals surface area (Å²) in [7, 11) is -7.53. The maximum atomic E-state index is 13.4. The minimum atomic E-state index is -3.95. The molecule has 0 saturated heterocycles. The van der Waals surface area contributed by atoms with Crippen LogP contribution in [0.1, 0.15) is 16.4 Å². The van der Waals surface area contributed by atoms with Crippen LogP contribution in [0.3, 0.4) is 0 Å². The lowest BCUT2D eigenvalue weighted by Gasteiger charge is -2.18. The molecule has 2 rings (SSSR count). The van der Waals surface area contributed by atoms with E-state index < -0.39 is 30.9 Å². The SMILES string of the molecule is Cc1cc(S(=O)(=O)[C@@H](CNS(C)(=O)=O)c2cccnc2)ccc1F. The van der Waals surface area contributed by atoms with Crippen molar-refractivity contribution >= 4 is 19.9 Å². The largest absolute Gasteiger partial charge is 0.264 e. The minimum absolute atomic E-state index is 0.0782. The van der Waals surface area contributed by atoms with Crippen LogP contribution >= 0.6 is 0 Å². The van der Waals surface area contributed by atoms with Gasteiger partial charge >= 0.3 is 0 Å². The Hall–Kier alpha value is -1.84. The van der Waals surface area contributed by atoms with Crippen molar-refractivity contribution in [3.63, 3.8) is 0 Å². The van der Waals surface area contributed by atoms with Gasteiger partial charge in [-0.15, -0.1) is 0 Å². The van der Waals surface area contributed by atoms with Gasteiger partial charge in [0.25, 0.3) is 0 Å². The smallest absolute Gasteiger partial charge is 0.208 e. The van der Waals surface area contributed by atoms with E-state index in [0.717, 1.165) is 12.3 Å². The number of hydrogen-bond acceptors (Lipinski definition) is 5. The summed E-state index contributed by atoms with van der Waals surface area (Å²) in [5.41, 5.74) is 0.535. The van der Waals surface area contributed by atoms with Crippen LogP contribution in [0.25, 0.3) is 0 Å². The molecule has 9 heteroatoms. The number of aromatic nitrogens is 1. The lowest BCUT2D eigenvalue weighted by atomic mass is 10.2. The lowest BCUT2D eigenvalue weighted by molar-refractivity contribution is 0.570. The predicted molar refractivity (Wildman–Crippen MR) is 88.1 cm³/mol. The summed E-state index contributed by atoms with van der Waals surface area (Å²) >= 11 is 0. The first-order chi connectivity index (χ1) is 11.1. The van der Waals surface area contributed by atoms with E-state index in [1.165, 1.54) is 31.5 Å². The van der Waals surface area contributed by atoms with Crippen LogP contribution in [0.4, 0.5) is 4.39 Å². The lowest BCUT2D eigenvalue weighted by Crippen LogP contribution is -2.31. The van der Waals surface area contributed by atoms with E-state index in [-0.39, 0.29) is 17.0 Å². The van der Waals surface area contributed by atoms with E-state index in [2.05, 4.69) is 9.71 Å². The number of sulfonamides is 1. The second-order valence-electron chi connectivity index (χ2n) is 5.35. The van der Waals surface area contributed by atoms with Gasteiger partial charge in [-0.25, -0.2) is 25.9 Å². The van der Waals surface area contributed by atoms with Crippen molar-refractivity contribution in [2.75, 3.05) is 12.8 Å². The molecule has 6 nitrogen and oxygen atoms in total. The fourth-order valence-corrected chi connectivity index (χ4v) is 4.46. The molecule has 130 valence electrons. The monoisotopic (exact) mass is 372 g/mol. The fourth-order valence-electron chi connectivity index (χ4n) is 2.16. The van der Waals surface area contributed by atoms with Gasteiger partial charge in [-0.2, -0.15) is 0 Å². The molecule has 0 aliphatic rings. The van der Waals surface area contributed by atoms with Crippen LogP contribution in [0.15, 0.2) is 47.6 Å². The topological polar surface area (TPSA) is 93.2 Å². The Labute approximate surface area is 140 Å². The fraction of sp³-hybridized carbons (Fsp3) is 0.267. The first kappa shape index (κ1) is 18.5. The van der Waals surface area contributed by atoms with E-state index >= 15 is 0 Å². The number of nitrogens with one attached hydrogen (secondary N) is 1. The van der Waals surface area contributed by atoms with Crippen LogP contribution in [-0.2, 0) is 19.9 Å². The average molecular weight is 372 g/mol. The highest BCUT2D eigenvalue weighted by Crippen LogP contribution is 2.29. The van der Waals surface area contributed by atoms with Crippen molar-refractivity contribution in [3.8, 4) is 0 Å². The predicted octanol–water partition coefficient (Wildman–Crippen LogP) is 1.59. The normalized spacial score (nSPS) is 13.6. The summed E-state index contributed by atoms with van der Waals surface area (Å²) in [6.07, 6.45) is 3.80. The molecule has 2 aromatic rings. The molecule has 0 radical (unpaired) electrons. The zero-order valence-electron chi connectivity index (χ0n) is 13.1. The molecule has 1 atom stereocenters. The first-order valence-corrected chi connectivity index (χ1v) is 10.4. The number of benzene rings is 1. The van der Waals surface area contributed by atoms with Gasteiger partial charge < -0.3 is 0 Å². The highest BCUT2D eigenvalue weighted by Gasteiger charge is 2.30. The molecule has 1 N–H and O–H groups in total. The van der Waals surface area contributed by atoms with E-state index in [4.69, 9.17) is 0 Å². The minimum Gasteiger partial charge on any atom is -0.264 e. The summed E-state index contributed by atoms with van der Waals surface area (Å²) in [5, 5.41) is -1.18. The molecular formula is C15H17FN2O4S2. The van der Waals surface area contributed by atoms with Gasteiger partial charge in [0.2, 0.25) is 10.0 Å². The van der Waals surface area contributed by atoms with Crippen molar-refractivity contribution in [3.05, 3.63) is 59.7 Å². The van der Waals surface area contributed by atoms with E-state index in [0.29, 0.717) is 5.56 Å². The van der Waals surface area contributed by atoms with E-state index in [1.807, 2.05) is 0 Å². The maximum Gasteiger partial charge on any atom is 0.208 e. The maximum absolute atomic E-state index is 13.4. The molecule has 24 heavy (non-hydrogen) atoms. The van der Waals surface area contributed by atoms with Crippen molar-refractivity contribution in [1.82, 2.24) is 9.71 Å². The van der Waals surface area contributed by atoms with Crippen LogP contribution < -0.4 is 4.72 Å². The molecular weight excluding hydrogens is 355 g/mol. The highest BCUT2D eigenvalue weighted by molar-refractivity contribution is 7.92. The molecule has 0 spiro atoms. The Bertz CT molecular complexity index is 929. The molecule has 1 heterocycles. The summed E-state index contributed by atoms with van der Waals surface area (Å²) in [4.78, 5) is 3.81. The number of aryl methyl sites for hydroxylation is 1. The van der Waals surface area contributed by atoms with E-state index in [1.54, 1.807) is 12.1 Å². The molecule has 0 saturated carbocycles. The van der Waals surface area contributed by atoms with Gasteiger partial charge in [0.15, 0.2) is 9.84 Å². The number of rotatable bonds is 6. The summed E-state index contributed by atoms with van der Waals surface area (Å²) in [6, 6.07) is 6.59. The van der Waals surface area contributed by atoms with Crippen LogP contribution in [0, 0.1) is 12.7 Å². The van der Waals surface area contributed by atoms with Crippen molar-refractivity contribution < 1.29 is 21.2 Å². The van der Waals surface area contributed by atoms with Gasteiger partial charge in [-0.3, -0.25) is 4.98 Å². The third-order valence-corrected chi connectivity index (χ3v) is 6.21. The Morgan fingerprint density at radius 3 is 2.46 bits per heavy atom. The molecule has 0 fully saturated rings. The van der Waals surface area contributed by atoms with Crippen LogP contribution in [-0.4, -0.2) is 34.6 Å². The molecule has 0 amide bonds. The third kappa shape index (κ3) is 4.37. The van der Waals surface area contributed by atoms with Crippen molar-refractivity contribution in [2.45, 2.75) is 17.1 Å². The van der Waals surface area contributed by atoms with Crippen molar-refractivity contribution in [1.29, 1.82) is 0 Å². The van der Waals surface area contributed by atoms with Crippen LogP contribution in [0.2, 0.25) is 0 Å². The molecule has 0 aliphatic heterocycles. The Balaban J connectivity index is 2.50. The number of sulfone groups is 1. The Morgan fingerprint density at radius 2 is 1.92 bits per heavy atom. The molecule has 0 unspecified atom stereocenters. The summed E-state index contributed by atoms with van der Waals surface area (Å²) in [6.45, 7) is 1.12. The number of nitrogens with zero attached hydrogens (tertiary/aromatic N) is 1. The molecule has 0 bridgehead atoms. The molecule has 1 aromatic heterocycles. The van der Waals surface area contributed by atoms with Gasteiger partial charge in [-0.1, -0.05) is 6.07 Å². The average Bonchev–Trinajstić information content (AvgIpc) is 2.49. The summed E-state index contributed by atoms with van der Waals surface area (Å²) < 4.78 is 64.2. The Morgan fingerprint density at radius 1 is 1.21 bits per heavy atom. The third-order valence-electron chi connectivity index (χ3n) is 3.42. The number of pyridine rings is 1. The van der Waals surface area contributed by atoms with Crippen molar-refractivity contribution in [2.24, 2.45) is 0 Å².